The van der Waals surface area contributed by atoms with Crippen molar-refractivity contribution in [2.24, 2.45) is 0 Å². The van der Waals surface area contributed by atoms with Crippen LogP contribution in [0.2, 0.25) is 5.02 Å². The Balaban J connectivity index is 2.26. The molecular weight excluding hydrogens is 211 g/mol. The Bertz CT molecular complexity index is 466. The lowest BCUT2D eigenvalue weighted by Gasteiger charge is -2.03. The van der Waals surface area contributed by atoms with Crippen LogP contribution in [-0.4, -0.2) is 0 Å². The Labute approximate surface area is 93.3 Å². The summed E-state index contributed by atoms with van der Waals surface area (Å²) in [5.74, 6) is -0.209. The monoisotopic (exact) mass is 220 g/mol. The molecule has 0 fully saturated rings. The molecule has 0 radical (unpaired) electrons. The molecule has 0 amide bonds. The molecule has 0 unspecified atom stereocenters. The maximum atomic E-state index is 12.9. The molecule has 2 aromatic rings. The molecule has 0 heterocycles. The summed E-state index contributed by atoms with van der Waals surface area (Å²) in [4.78, 5) is 0. The molecule has 0 aliphatic carbocycles. The smallest absolute Gasteiger partial charge is 0.123 e. The van der Waals surface area contributed by atoms with Crippen LogP contribution in [0.3, 0.4) is 0 Å². The first-order chi connectivity index (χ1) is 7.25. The third kappa shape index (κ3) is 2.57. The molecule has 76 valence electrons. The average Bonchev–Trinajstić information content (AvgIpc) is 2.22. The summed E-state index contributed by atoms with van der Waals surface area (Å²) < 4.78 is 12.9. The third-order valence-electron chi connectivity index (χ3n) is 2.24. The van der Waals surface area contributed by atoms with Crippen molar-refractivity contribution in [3.8, 4) is 0 Å². The molecule has 0 aliphatic rings. The number of rotatable bonds is 2. The maximum Gasteiger partial charge on any atom is 0.123 e. The molecule has 0 saturated carbocycles. The fourth-order valence-electron chi connectivity index (χ4n) is 1.51. The van der Waals surface area contributed by atoms with E-state index in [1.165, 1.54) is 12.1 Å². The molecule has 0 saturated heterocycles. The highest BCUT2D eigenvalue weighted by Gasteiger charge is 2.01. The van der Waals surface area contributed by atoms with Gasteiger partial charge in [-0.2, -0.15) is 0 Å². The molecule has 0 aromatic heterocycles. The molecule has 2 rings (SSSR count). The van der Waals surface area contributed by atoms with Gasteiger partial charge in [0, 0.05) is 5.02 Å². The quantitative estimate of drug-likeness (QED) is 0.716. The van der Waals surface area contributed by atoms with Crippen molar-refractivity contribution in [2.45, 2.75) is 6.42 Å². The van der Waals surface area contributed by atoms with E-state index >= 15 is 0 Å². The minimum atomic E-state index is -0.209. The Kier molecular flexibility index (Phi) is 3.02. The van der Waals surface area contributed by atoms with E-state index in [0.29, 0.717) is 6.42 Å². The maximum absolute atomic E-state index is 12.9. The van der Waals surface area contributed by atoms with Crippen LogP contribution in [0.25, 0.3) is 0 Å². The topological polar surface area (TPSA) is 0 Å². The standard InChI is InChI=1S/C13H10ClF/c14-13-7-2-1-5-11(13)8-10-4-3-6-12(15)9-10/h1-7,9H,8H2. The number of hydrogen-bond donors (Lipinski definition) is 0. The second-order valence-electron chi connectivity index (χ2n) is 3.40. The zero-order valence-corrected chi connectivity index (χ0v) is 8.84. The van der Waals surface area contributed by atoms with E-state index in [4.69, 9.17) is 11.6 Å². The highest BCUT2D eigenvalue weighted by Crippen LogP contribution is 2.19. The Morgan fingerprint density at radius 3 is 2.53 bits per heavy atom. The summed E-state index contributed by atoms with van der Waals surface area (Å²) in [6.45, 7) is 0. The second-order valence-corrected chi connectivity index (χ2v) is 3.81. The van der Waals surface area contributed by atoms with Crippen LogP contribution in [0.5, 0.6) is 0 Å². The fraction of sp³-hybridized carbons (Fsp3) is 0.0769. The first-order valence-electron chi connectivity index (χ1n) is 4.73. The van der Waals surface area contributed by atoms with E-state index in [1.807, 2.05) is 30.3 Å². The summed E-state index contributed by atoms with van der Waals surface area (Å²) in [6.07, 6.45) is 0.664. The van der Waals surface area contributed by atoms with E-state index in [-0.39, 0.29) is 5.82 Å². The zero-order chi connectivity index (χ0) is 10.7. The first-order valence-corrected chi connectivity index (χ1v) is 5.11. The summed E-state index contributed by atoms with van der Waals surface area (Å²) in [5, 5.41) is 0.724. The van der Waals surface area contributed by atoms with Gasteiger partial charge in [0.15, 0.2) is 0 Å². The molecule has 2 aromatic carbocycles. The van der Waals surface area contributed by atoms with Gasteiger partial charge in [-0.05, 0) is 35.7 Å². The Morgan fingerprint density at radius 2 is 1.80 bits per heavy atom. The molecule has 0 aliphatic heterocycles. The van der Waals surface area contributed by atoms with Crippen molar-refractivity contribution in [1.29, 1.82) is 0 Å². The van der Waals surface area contributed by atoms with Gasteiger partial charge < -0.3 is 0 Å². The van der Waals surface area contributed by atoms with Crippen LogP contribution >= 0.6 is 11.6 Å². The average molecular weight is 221 g/mol. The van der Waals surface area contributed by atoms with Gasteiger partial charge >= 0.3 is 0 Å². The van der Waals surface area contributed by atoms with Crippen molar-refractivity contribution in [3.63, 3.8) is 0 Å². The summed E-state index contributed by atoms with van der Waals surface area (Å²) in [5.41, 5.74) is 1.95. The Hall–Kier alpha value is -1.34. The molecule has 2 heteroatoms. The van der Waals surface area contributed by atoms with Crippen LogP contribution < -0.4 is 0 Å². The molecule has 0 bridgehead atoms. The number of benzene rings is 2. The summed E-state index contributed by atoms with van der Waals surface area (Å²) >= 11 is 6.02. The molecule has 15 heavy (non-hydrogen) atoms. The number of halogens is 2. The Morgan fingerprint density at radius 1 is 1.00 bits per heavy atom. The van der Waals surface area contributed by atoms with Gasteiger partial charge in [0.25, 0.3) is 0 Å². The van der Waals surface area contributed by atoms with Gasteiger partial charge in [0.2, 0.25) is 0 Å². The van der Waals surface area contributed by atoms with E-state index in [9.17, 15) is 4.39 Å². The molecule has 0 atom stereocenters. The van der Waals surface area contributed by atoms with Crippen LogP contribution in [0.15, 0.2) is 48.5 Å². The lowest BCUT2D eigenvalue weighted by molar-refractivity contribution is 0.626. The van der Waals surface area contributed by atoms with E-state index in [0.717, 1.165) is 16.1 Å². The second kappa shape index (κ2) is 4.45. The van der Waals surface area contributed by atoms with E-state index < -0.39 is 0 Å². The SMILES string of the molecule is Fc1cccc(Cc2ccccc2Cl)c1. The van der Waals surface area contributed by atoms with Crippen molar-refractivity contribution in [3.05, 3.63) is 70.5 Å². The summed E-state index contributed by atoms with van der Waals surface area (Å²) in [6, 6.07) is 14.2. The van der Waals surface area contributed by atoms with Crippen LogP contribution in [-0.2, 0) is 6.42 Å². The van der Waals surface area contributed by atoms with E-state index in [1.54, 1.807) is 6.07 Å². The van der Waals surface area contributed by atoms with Crippen molar-refractivity contribution in [2.75, 3.05) is 0 Å². The molecule has 0 N–H and O–H groups in total. The fourth-order valence-corrected chi connectivity index (χ4v) is 1.71. The predicted octanol–water partition coefficient (Wildman–Crippen LogP) is 4.07. The lowest BCUT2D eigenvalue weighted by atomic mass is 10.1. The highest BCUT2D eigenvalue weighted by molar-refractivity contribution is 6.31. The lowest BCUT2D eigenvalue weighted by Crippen LogP contribution is -1.89. The van der Waals surface area contributed by atoms with Crippen molar-refractivity contribution in [1.82, 2.24) is 0 Å². The normalized spacial score (nSPS) is 10.3. The highest BCUT2D eigenvalue weighted by atomic mass is 35.5. The van der Waals surface area contributed by atoms with Crippen LogP contribution in [0.4, 0.5) is 4.39 Å². The zero-order valence-electron chi connectivity index (χ0n) is 8.08. The first kappa shape index (κ1) is 10.2. The van der Waals surface area contributed by atoms with Gasteiger partial charge in [-0.15, -0.1) is 0 Å². The van der Waals surface area contributed by atoms with Gasteiger partial charge in [0.1, 0.15) is 5.82 Å². The minimum Gasteiger partial charge on any atom is -0.207 e. The van der Waals surface area contributed by atoms with Crippen molar-refractivity contribution < 1.29 is 4.39 Å². The summed E-state index contributed by atoms with van der Waals surface area (Å²) in [7, 11) is 0. The van der Waals surface area contributed by atoms with Gasteiger partial charge in [-0.1, -0.05) is 41.9 Å². The van der Waals surface area contributed by atoms with Gasteiger partial charge in [0.05, 0.1) is 0 Å². The third-order valence-corrected chi connectivity index (χ3v) is 2.61. The number of hydrogen-bond acceptors (Lipinski definition) is 0. The predicted molar refractivity (Wildman–Crippen MR) is 60.7 cm³/mol. The van der Waals surface area contributed by atoms with Gasteiger partial charge in [-0.3, -0.25) is 0 Å². The molecule has 0 nitrogen and oxygen atoms in total. The van der Waals surface area contributed by atoms with Crippen LogP contribution in [0.1, 0.15) is 11.1 Å². The molecular formula is C13H10ClF. The van der Waals surface area contributed by atoms with Gasteiger partial charge in [-0.25, -0.2) is 4.39 Å². The minimum absolute atomic E-state index is 0.209. The molecule has 0 spiro atoms. The van der Waals surface area contributed by atoms with E-state index in [2.05, 4.69) is 0 Å². The van der Waals surface area contributed by atoms with Crippen LogP contribution in [0, 0.1) is 5.82 Å². The van der Waals surface area contributed by atoms with Crippen molar-refractivity contribution >= 4 is 11.6 Å². The largest absolute Gasteiger partial charge is 0.207 e.